The number of benzene rings is 1. The molecule has 0 amide bonds. The third-order valence-corrected chi connectivity index (χ3v) is 3.08. The molecule has 0 unspecified atom stereocenters. The van der Waals surface area contributed by atoms with E-state index in [0.29, 0.717) is 17.4 Å². The Balaban J connectivity index is 2.20. The fourth-order valence-electron chi connectivity index (χ4n) is 2.05. The minimum atomic E-state index is -0.375. The molecule has 0 bridgehead atoms. The molecule has 6 nitrogen and oxygen atoms in total. The van der Waals surface area contributed by atoms with Gasteiger partial charge in [0.25, 0.3) is 6.01 Å². The van der Waals surface area contributed by atoms with Gasteiger partial charge in [-0.05, 0) is 19.1 Å². The molecule has 2 aromatic heterocycles. The molecule has 0 fully saturated rings. The molecule has 0 aliphatic heterocycles. The van der Waals surface area contributed by atoms with Crippen molar-refractivity contribution in [3.05, 3.63) is 34.5 Å². The van der Waals surface area contributed by atoms with E-state index in [4.69, 9.17) is 8.83 Å². The normalized spacial score (nSPS) is 11.1. The van der Waals surface area contributed by atoms with Gasteiger partial charge in [0.2, 0.25) is 0 Å². The van der Waals surface area contributed by atoms with Crippen LogP contribution in [0.15, 0.2) is 31.8 Å². The van der Waals surface area contributed by atoms with E-state index in [1.807, 2.05) is 19.1 Å². The molecule has 0 spiro atoms. The smallest absolute Gasteiger partial charge is 0.419 e. The fraction of sp³-hybridized carbons (Fsp3) is 0.231. The van der Waals surface area contributed by atoms with Gasteiger partial charge in [-0.1, -0.05) is 6.07 Å². The summed E-state index contributed by atoms with van der Waals surface area (Å²) < 4.78 is 12.1. The van der Waals surface area contributed by atoms with Crippen molar-refractivity contribution < 1.29 is 8.83 Å². The molecule has 3 aromatic rings. The summed E-state index contributed by atoms with van der Waals surface area (Å²) in [6.45, 7) is 1.84. The molecular formula is C13H13N3O3. The molecule has 0 saturated carbocycles. The fourth-order valence-corrected chi connectivity index (χ4v) is 2.05. The molecule has 0 atom stereocenters. The Morgan fingerprint density at radius 3 is 2.79 bits per heavy atom. The Hall–Kier alpha value is -2.50. The van der Waals surface area contributed by atoms with Gasteiger partial charge in [0.15, 0.2) is 5.58 Å². The summed E-state index contributed by atoms with van der Waals surface area (Å²) in [4.78, 5) is 15.8. The van der Waals surface area contributed by atoms with Crippen molar-refractivity contribution in [3.8, 4) is 11.3 Å². The molecule has 0 radical (unpaired) electrons. The van der Waals surface area contributed by atoms with Gasteiger partial charge in [-0.25, -0.2) is 4.79 Å². The number of fused-ring (bicyclic) bond motifs is 1. The lowest BCUT2D eigenvalue weighted by Gasteiger charge is -1.97. The number of hydrogen-bond donors (Lipinski definition) is 1. The van der Waals surface area contributed by atoms with Gasteiger partial charge in [0.05, 0.1) is 5.52 Å². The standard InChI is InChI=1S/C13H13N3O3/c1-7-11(15-12(14-2)18-7)8-4-5-9-10(6-8)19-13(17)16(9)3/h4-6H,1-3H3,(H,14,15). The van der Waals surface area contributed by atoms with Crippen LogP contribution >= 0.6 is 0 Å². The molecule has 1 N–H and O–H groups in total. The second kappa shape index (κ2) is 4.01. The third-order valence-electron chi connectivity index (χ3n) is 3.08. The topological polar surface area (TPSA) is 73.2 Å². The lowest BCUT2D eigenvalue weighted by Crippen LogP contribution is -2.08. The average Bonchev–Trinajstić information content (AvgIpc) is 2.91. The summed E-state index contributed by atoms with van der Waals surface area (Å²) in [6, 6.07) is 5.98. The van der Waals surface area contributed by atoms with E-state index in [-0.39, 0.29) is 5.76 Å². The first-order valence-electron chi connectivity index (χ1n) is 5.85. The highest BCUT2D eigenvalue weighted by atomic mass is 16.4. The van der Waals surface area contributed by atoms with E-state index in [9.17, 15) is 4.79 Å². The van der Waals surface area contributed by atoms with Gasteiger partial charge in [0.1, 0.15) is 11.5 Å². The second-order valence-electron chi connectivity index (χ2n) is 4.28. The van der Waals surface area contributed by atoms with Gasteiger partial charge in [-0.15, -0.1) is 0 Å². The largest absolute Gasteiger partial charge is 0.428 e. The molecule has 1 aromatic carbocycles. The molecule has 0 aliphatic rings. The van der Waals surface area contributed by atoms with Crippen LogP contribution in [0.2, 0.25) is 0 Å². The highest BCUT2D eigenvalue weighted by molar-refractivity contribution is 5.80. The predicted octanol–water partition coefficient (Wildman–Crippen LogP) is 2.14. The maximum atomic E-state index is 11.5. The van der Waals surface area contributed by atoms with Gasteiger partial charge in [0, 0.05) is 19.7 Å². The number of oxazole rings is 2. The summed E-state index contributed by atoms with van der Waals surface area (Å²) in [7, 11) is 3.42. The van der Waals surface area contributed by atoms with Crippen molar-refractivity contribution >= 4 is 17.1 Å². The maximum Gasteiger partial charge on any atom is 0.419 e. The molecule has 0 saturated heterocycles. The van der Waals surface area contributed by atoms with Crippen molar-refractivity contribution in [2.45, 2.75) is 6.92 Å². The second-order valence-corrected chi connectivity index (χ2v) is 4.28. The Labute approximate surface area is 108 Å². The lowest BCUT2D eigenvalue weighted by atomic mass is 10.1. The van der Waals surface area contributed by atoms with Crippen molar-refractivity contribution in [2.24, 2.45) is 7.05 Å². The van der Waals surface area contributed by atoms with Crippen LogP contribution in [0.4, 0.5) is 6.01 Å². The van der Waals surface area contributed by atoms with Crippen LogP contribution in [-0.4, -0.2) is 16.6 Å². The highest BCUT2D eigenvalue weighted by Crippen LogP contribution is 2.27. The van der Waals surface area contributed by atoms with E-state index in [1.54, 1.807) is 20.2 Å². The van der Waals surface area contributed by atoms with Gasteiger partial charge in [-0.2, -0.15) is 4.98 Å². The first-order valence-corrected chi connectivity index (χ1v) is 5.85. The number of aryl methyl sites for hydroxylation is 2. The monoisotopic (exact) mass is 259 g/mol. The lowest BCUT2D eigenvalue weighted by molar-refractivity contribution is 0.528. The summed E-state index contributed by atoms with van der Waals surface area (Å²) >= 11 is 0. The minimum absolute atomic E-state index is 0.375. The van der Waals surface area contributed by atoms with Crippen molar-refractivity contribution in [3.63, 3.8) is 0 Å². The zero-order chi connectivity index (χ0) is 13.6. The zero-order valence-corrected chi connectivity index (χ0v) is 10.9. The zero-order valence-electron chi connectivity index (χ0n) is 10.9. The van der Waals surface area contributed by atoms with E-state index in [0.717, 1.165) is 16.8 Å². The molecule has 19 heavy (non-hydrogen) atoms. The van der Waals surface area contributed by atoms with Crippen LogP contribution in [0.25, 0.3) is 22.4 Å². The number of nitrogens with one attached hydrogen (secondary N) is 1. The number of nitrogens with zero attached hydrogens (tertiary/aromatic N) is 2. The first kappa shape index (κ1) is 11.6. The summed E-state index contributed by atoms with van der Waals surface area (Å²) in [5.74, 6) is 0.335. The minimum Gasteiger partial charge on any atom is -0.428 e. The van der Waals surface area contributed by atoms with Crippen LogP contribution in [0.5, 0.6) is 0 Å². The molecule has 98 valence electrons. The molecule has 2 heterocycles. The Morgan fingerprint density at radius 2 is 2.11 bits per heavy atom. The third kappa shape index (κ3) is 1.72. The van der Waals surface area contributed by atoms with Gasteiger partial charge >= 0.3 is 5.76 Å². The molecule has 6 heteroatoms. The van der Waals surface area contributed by atoms with Crippen molar-refractivity contribution in [1.29, 1.82) is 0 Å². The Kier molecular flexibility index (Phi) is 2.45. The SMILES string of the molecule is CNc1nc(-c2ccc3c(c2)oc(=O)n3C)c(C)o1. The quantitative estimate of drug-likeness (QED) is 0.763. The summed E-state index contributed by atoms with van der Waals surface area (Å²) in [6.07, 6.45) is 0. The number of rotatable bonds is 2. The van der Waals surface area contributed by atoms with E-state index >= 15 is 0 Å². The van der Waals surface area contributed by atoms with Crippen LogP contribution in [-0.2, 0) is 7.05 Å². The number of aromatic nitrogens is 2. The van der Waals surface area contributed by atoms with Crippen LogP contribution in [0.1, 0.15) is 5.76 Å². The van der Waals surface area contributed by atoms with Crippen LogP contribution in [0.3, 0.4) is 0 Å². The van der Waals surface area contributed by atoms with Crippen LogP contribution < -0.4 is 11.1 Å². The molecule has 0 aliphatic carbocycles. The Morgan fingerprint density at radius 1 is 1.32 bits per heavy atom. The van der Waals surface area contributed by atoms with E-state index in [1.165, 1.54) is 4.57 Å². The van der Waals surface area contributed by atoms with E-state index < -0.39 is 0 Å². The van der Waals surface area contributed by atoms with Crippen molar-refractivity contribution in [1.82, 2.24) is 9.55 Å². The summed E-state index contributed by atoms with van der Waals surface area (Å²) in [5.41, 5.74) is 2.88. The number of hydrogen-bond acceptors (Lipinski definition) is 5. The first-order chi connectivity index (χ1) is 9.10. The van der Waals surface area contributed by atoms with Crippen molar-refractivity contribution in [2.75, 3.05) is 12.4 Å². The highest BCUT2D eigenvalue weighted by Gasteiger charge is 2.13. The van der Waals surface area contributed by atoms with E-state index in [2.05, 4.69) is 10.3 Å². The summed E-state index contributed by atoms with van der Waals surface area (Å²) in [5, 5.41) is 2.85. The van der Waals surface area contributed by atoms with Gasteiger partial charge < -0.3 is 14.2 Å². The average molecular weight is 259 g/mol. The molecule has 3 rings (SSSR count). The maximum absolute atomic E-state index is 11.5. The van der Waals surface area contributed by atoms with Gasteiger partial charge in [-0.3, -0.25) is 4.57 Å². The van der Waals surface area contributed by atoms with Crippen LogP contribution in [0, 0.1) is 6.92 Å². The Bertz CT molecular complexity index is 810. The molecular weight excluding hydrogens is 246 g/mol. The number of anilines is 1. The predicted molar refractivity (Wildman–Crippen MR) is 71.2 cm³/mol.